The predicted molar refractivity (Wildman–Crippen MR) is 48.3 cm³/mol. The Labute approximate surface area is 78.4 Å². The number of fused-ring (bicyclic) bond motifs is 1. The monoisotopic (exact) mass is 194 g/mol. The molecule has 1 N–H and O–H groups in total. The van der Waals surface area contributed by atoms with Gasteiger partial charge >= 0.3 is 0 Å². The molecule has 6 heteroatoms. The highest BCUT2D eigenvalue weighted by molar-refractivity contribution is 7.71. The van der Waals surface area contributed by atoms with Crippen LogP contribution >= 0.6 is 12.2 Å². The van der Waals surface area contributed by atoms with Crippen molar-refractivity contribution in [3.8, 4) is 0 Å². The van der Waals surface area contributed by atoms with Crippen molar-refractivity contribution in [2.45, 2.75) is 6.92 Å². The molecule has 0 unspecified atom stereocenters. The molecule has 66 valence electrons. The Morgan fingerprint density at radius 3 is 3.08 bits per heavy atom. The number of nitrogens with zero attached hydrogens (tertiary/aromatic N) is 3. The highest BCUT2D eigenvalue weighted by atomic mass is 32.1. The van der Waals surface area contributed by atoms with Crippen molar-refractivity contribution < 1.29 is 4.79 Å². The zero-order valence-corrected chi connectivity index (χ0v) is 7.63. The topological polar surface area (TPSA) is 63.1 Å². The van der Waals surface area contributed by atoms with Gasteiger partial charge < -0.3 is 0 Å². The number of carbonyl (C=O) groups is 1. The van der Waals surface area contributed by atoms with Crippen molar-refractivity contribution >= 4 is 24.3 Å². The molecular formula is C7H6N4OS. The number of carbonyl (C=O) groups excluding carboxylic acids is 1. The molecule has 0 saturated carbocycles. The first-order valence-corrected chi connectivity index (χ1v) is 4.03. The summed E-state index contributed by atoms with van der Waals surface area (Å²) in [5.41, 5.74) is 0.302. The van der Waals surface area contributed by atoms with Crippen molar-refractivity contribution in [1.82, 2.24) is 19.6 Å². The van der Waals surface area contributed by atoms with Crippen LogP contribution in [0.3, 0.4) is 0 Å². The number of aryl methyl sites for hydroxylation is 1. The molecule has 0 saturated heterocycles. The molecule has 0 aliphatic heterocycles. The minimum atomic E-state index is 0.302. The van der Waals surface area contributed by atoms with E-state index in [9.17, 15) is 4.79 Å². The minimum absolute atomic E-state index is 0.302. The fourth-order valence-corrected chi connectivity index (χ4v) is 1.31. The van der Waals surface area contributed by atoms with Crippen LogP contribution in [-0.4, -0.2) is 25.9 Å². The number of hydrogen-bond donors (Lipinski definition) is 1. The summed E-state index contributed by atoms with van der Waals surface area (Å²) in [6.07, 6.45) is 0.653. The van der Waals surface area contributed by atoms with Crippen LogP contribution in [0.2, 0.25) is 0 Å². The van der Waals surface area contributed by atoms with Crippen LogP contribution in [0.1, 0.15) is 16.3 Å². The van der Waals surface area contributed by atoms with E-state index in [1.54, 1.807) is 11.4 Å². The van der Waals surface area contributed by atoms with Crippen LogP contribution in [0.5, 0.6) is 0 Å². The zero-order valence-electron chi connectivity index (χ0n) is 6.81. The van der Waals surface area contributed by atoms with Gasteiger partial charge in [0.2, 0.25) is 0 Å². The Bertz CT molecular complexity index is 527. The summed E-state index contributed by atoms with van der Waals surface area (Å²) in [5, 5.41) is 2.90. The molecule has 0 atom stereocenters. The number of hydrogen-bond acceptors (Lipinski definition) is 4. The second-order valence-corrected chi connectivity index (χ2v) is 3.00. The molecule has 0 aromatic carbocycles. The van der Waals surface area contributed by atoms with E-state index in [1.165, 1.54) is 6.07 Å². The van der Waals surface area contributed by atoms with E-state index in [2.05, 4.69) is 15.1 Å². The summed E-state index contributed by atoms with van der Waals surface area (Å²) in [5.74, 6) is 1.13. The molecule has 0 bridgehead atoms. The number of H-pyrrole nitrogens is 1. The van der Waals surface area contributed by atoms with Crippen LogP contribution in [0.25, 0.3) is 5.78 Å². The summed E-state index contributed by atoms with van der Waals surface area (Å²) in [7, 11) is 0. The van der Waals surface area contributed by atoms with E-state index in [1.807, 2.05) is 0 Å². The van der Waals surface area contributed by atoms with Crippen LogP contribution in [-0.2, 0) is 0 Å². The predicted octanol–water partition coefficient (Wildman–Crippen LogP) is 0.908. The second-order valence-electron chi connectivity index (χ2n) is 2.58. The lowest BCUT2D eigenvalue weighted by molar-refractivity contribution is 0.111. The average Bonchev–Trinajstić information content (AvgIpc) is 2.46. The fourth-order valence-electron chi connectivity index (χ4n) is 1.06. The smallest absolute Gasteiger partial charge is 0.252 e. The standard InChI is InChI=1S/C7H6N4OS/c1-4-8-7-9-5(3-12)2-6(13)11(7)10-4/h2-3H,1H3,(H,8,9,10). The number of nitrogens with one attached hydrogen (secondary N) is 1. The molecule has 0 radical (unpaired) electrons. The Balaban J connectivity index is 2.91. The molecule has 0 fully saturated rings. The molecule has 2 aromatic heterocycles. The lowest BCUT2D eigenvalue weighted by Gasteiger charge is -1.92. The van der Waals surface area contributed by atoms with Crippen LogP contribution in [0.4, 0.5) is 0 Å². The molecule has 2 rings (SSSR count). The molecular weight excluding hydrogens is 188 g/mol. The highest BCUT2D eigenvalue weighted by Crippen LogP contribution is 2.00. The van der Waals surface area contributed by atoms with E-state index < -0.39 is 0 Å². The summed E-state index contributed by atoms with van der Waals surface area (Å²) < 4.78 is 2.05. The highest BCUT2D eigenvalue weighted by Gasteiger charge is 2.02. The minimum Gasteiger partial charge on any atom is -0.296 e. The Morgan fingerprint density at radius 1 is 1.62 bits per heavy atom. The number of aromatic nitrogens is 4. The summed E-state index contributed by atoms with van der Waals surface area (Å²) in [6, 6.07) is 1.52. The van der Waals surface area contributed by atoms with E-state index in [0.29, 0.717) is 28.2 Å². The number of aldehydes is 1. The van der Waals surface area contributed by atoms with Gasteiger partial charge in [0.05, 0.1) is 0 Å². The van der Waals surface area contributed by atoms with Gasteiger partial charge in [0.15, 0.2) is 6.29 Å². The molecule has 0 amide bonds. The largest absolute Gasteiger partial charge is 0.296 e. The summed E-state index contributed by atoms with van der Waals surface area (Å²) >= 11 is 5.01. The maximum Gasteiger partial charge on any atom is 0.252 e. The van der Waals surface area contributed by atoms with Crippen LogP contribution < -0.4 is 0 Å². The second kappa shape index (κ2) is 2.74. The van der Waals surface area contributed by atoms with Gasteiger partial charge in [-0.25, -0.2) is 9.50 Å². The van der Waals surface area contributed by atoms with Gasteiger partial charge in [-0.2, -0.15) is 4.98 Å². The first-order chi connectivity index (χ1) is 6.20. The Morgan fingerprint density at radius 2 is 2.38 bits per heavy atom. The number of aromatic amines is 1. The Kier molecular flexibility index (Phi) is 1.70. The van der Waals surface area contributed by atoms with Crippen LogP contribution in [0.15, 0.2) is 6.07 Å². The van der Waals surface area contributed by atoms with Crippen molar-refractivity contribution in [3.63, 3.8) is 0 Å². The molecule has 2 heterocycles. The first kappa shape index (κ1) is 8.06. The van der Waals surface area contributed by atoms with Gasteiger partial charge in [-0.05, 0) is 6.92 Å². The van der Waals surface area contributed by atoms with E-state index in [4.69, 9.17) is 12.2 Å². The van der Waals surface area contributed by atoms with E-state index in [0.717, 1.165) is 0 Å². The fraction of sp³-hybridized carbons (Fsp3) is 0.143. The molecule has 0 aliphatic carbocycles. The van der Waals surface area contributed by atoms with Gasteiger partial charge in [-0.1, -0.05) is 12.2 Å². The molecule has 13 heavy (non-hydrogen) atoms. The SMILES string of the molecule is Cc1nc2nc(C=O)cc(=S)n2[nH]1. The zero-order chi connectivity index (χ0) is 9.42. The van der Waals surface area contributed by atoms with Crippen molar-refractivity contribution in [2.75, 3.05) is 0 Å². The quantitative estimate of drug-likeness (QED) is 0.541. The summed E-state index contributed by atoms with van der Waals surface area (Å²) in [6.45, 7) is 1.80. The molecule has 0 aliphatic rings. The number of rotatable bonds is 1. The normalized spacial score (nSPS) is 10.5. The first-order valence-electron chi connectivity index (χ1n) is 3.62. The van der Waals surface area contributed by atoms with Gasteiger partial charge in [0.25, 0.3) is 5.78 Å². The van der Waals surface area contributed by atoms with E-state index >= 15 is 0 Å². The molecule has 5 nitrogen and oxygen atoms in total. The lowest BCUT2D eigenvalue weighted by atomic mass is 10.4. The third-order valence-electron chi connectivity index (χ3n) is 1.58. The summed E-state index contributed by atoms with van der Waals surface area (Å²) in [4.78, 5) is 18.5. The molecule has 2 aromatic rings. The third-order valence-corrected chi connectivity index (χ3v) is 1.88. The maximum absolute atomic E-state index is 10.5. The third kappa shape index (κ3) is 1.25. The van der Waals surface area contributed by atoms with Crippen molar-refractivity contribution in [2.24, 2.45) is 0 Å². The van der Waals surface area contributed by atoms with Crippen LogP contribution in [0, 0.1) is 11.6 Å². The van der Waals surface area contributed by atoms with Crippen molar-refractivity contribution in [1.29, 1.82) is 0 Å². The average molecular weight is 194 g/mol. The van der Waals surface area contributed by atoms with Gasteiger partial charge in [0, 0.05) is 6.07 Å². The van der Waals surface area contributed by atoms with Gasteiger partial charge in [-0.3, -0.25) is 9.89 Å². The van der Waals surface area contributed by atoms with Crippen molar-refractivity contribution in [3.05, 3.63) is 22.2 Å². The van der Waals surface area contributed by atoms with Gasteiger partial charge in [0.1, 0.15) is 16.2 Å². The van der Waals surface area contributed by atoms with Gasteiger partial charge in [-0.15, -0.1) is 0 Å². The Hall–Kier alpha value is -1.56. The molecule has 0 spiro atoms. The maximum atomic E-state index is 10.5. The lowest BCUT2D eigenvalue weighted by Crippen LogP contribution is -1.96. The van der Waals surface area contributed by atoms with E-state index in [-0.39, 0.29) is 0 Å².